The Balaban J connectivity index is 2.05. The minimum absolute atomic E-state index is 0.573. The van der Waals surface area contributed by atoms with Gasteiger partial charge in [-0.3, -0.25) is 4.98 Å². The van der Waals surface area contributed by atoms with Gasteiger partial charge in [0, 0.05) is 29.6 Å². The molecule has 2 rings (SSSR count). The number of aromatic nitrogens is 1. The van der Waals surface area contributed by atoms with Gasteiger partial charge in [-0.1, -0.05) is 26.8 Å². The van der Waals surface area contributed by atoms with E-state index in [-0.39, 0.29) is 0 Å². The molecule has 0 saturated carbocycles. The molecule has 2 unspecified atom stereocenters. The lowest BCUT2D eigenvalue weighted by Crippen LogP contribution is -2.37. The SMILES string of the molecule is CCCNC(CSC(C)C)C1CCc2cccnc21. The van der Waals surface area contributed by atoms with Crippen molar-refractivity contribution in [1.29, 1.82) is 0 Å². The molecule has 1 heterocycles. The average Bonchev–Trinajstić information content (AvgIpc) is 2.83. The molecule has 1 aromatic heterocycles. The van der Waals surface area contributed by atoms with Crippen molar-refractivity contribution in [1.82, 2.24) is 10.3 Å². The van der Waals surface area contributed by atoms with Crippen LogP contribution in [0.2, 0.25) is 0 Å². The van der Waals surface area contributed by atoms with Crippen molar-refractivity contribution in [2.75, 3.05) is 12.3 Å². The summed E-state index contributed by atoms with van der Waals surface area (Å²) < 4.78 is 0. The molecule has 0 fully saturated rings. The molecule has 2 atom stereocenters. The van der Waals surface area contributed by atoms with Crippen LogP contribution in [-0.4, -0.2) is 28.6 Å². The number of hydrogen-bond donors (Lipinski definition) is 1. The van der Waals surface area contributed by atoms with Gasteiger partial charge in [-0.25, -0.2) is 0 Å². The first-order valence-corrected chi connectivity index (χ1v) is 8.56. The van der Waals surface area contributed by atoms with E-state index in [4.69, 9.17) is 0 Å². The van der Waals surface area contributed by atoms with Gasteiger partial charge in [0.1, 0.15) is 0 Å². The smallest absolute Gasteiger partial charge is 0.0482 e. The van der Waals surface area contributed by atoms with Crippen LogP contribution >= 0.6 is 11.8 Å². The minimum Gasteiger partial charge on any atom is -0.312 e. The van der Waals surface area contributed by atoms with Gasteiger partial charge in [0.25, 0.3) is 0 Å². The highest BCUT2D eigenvalue weighted by Gasteiger charge is 2.30. The topological polar surface area (TPSA) is 24.9 Å². The molecule has 0 radical (unpaired) electrons. The standard InChI is InChI=1S/C16H26N2S/c1-4-9-17-15(11-19-12(2)3)14-8-7-13-6-5-10-18-16(13)14/h5-6,10,12,14-15,17H,4,7-9,11H2,1-3H3. The molecule has 0 amide bonds. The van der Waals surface area contributed by atoms with Crippen molar-refractivity contribution in [3.8, 4) is 0 Å². The Morgan fingerprint density at radius 2 is 2.32 bits per heavy atom. The second kappa shape index (κ2) is 7.30. The second-order valence-corrected chi connectivity index (χ2v) is 7.25. The molecule has 0 saturated heterocycles. The Morgan fingerprint density at radius 3 is 3.05 bits per heavy atom. The van der Waals surface area contributed by atoms with E-state index in [0.717, 1.165) is 6.54 Å². The minimum atomic E-state index is 0.573. The number of aryl methyl sites for hydroxylation is 1. The zero-order valence-corrected chi connectivity index (χ0v) is 13.2. The third kappa shape index (κ3) is 3.96. The first kappa shape index (κ1) is 14.9. The lowest BCUT2D eigenvalue weighted by molar-refractivity contribution is 0.457. The zero-order valence-electron chi connectivity index (χ0n) is 12.4. The number of rotatable bonds is 7. The van der Waals surface area contributed by atoms with Crippen molar-refractivity contribution in [2.24, 2.45) is 0 Å². The highest BCUT2D eigenvalue weighted by molar-refractivity contribution is 7.99. The largest absolute Gasteiger partial charge is 0.312 e. The first-order chi connectivity index (χ1) is 9.22. The molecule has 1 N–H and O–H groups in total. The summed E-state index contributed by atoms with van der Waals surface area (Å²) in [7, 11) is 0. The fraction of sp³-hybridized carbons (Fsp3) is 0.688. The van der Waals surface area contributed by atoms with Gasteiger partial charge in [-0.05, 0) is 42.7 Å². The summed E-state index contributed by atoms with van der Waals surface area (Å²) >= 11 is 2.06. The summed E-state index contributed by atoms with van der Waals surface area (Å²) in [4.78, 5) is 4.65. The lowest BCUT2D eigenvalue weighted by atomic mass is 9.98. The normalized spacial score (nSPS) is 19.7. The first-order valence-electron chi connectivity index (χ1n) is 7.51. The third-order valence-electron chi connectivity index (χ3n) is 3.75. The molecule has 0 aromatic carbocycles. The molecule has 1 aliphatic carbocycles. The summed E-state index contributed by atoms with van der Waals surface area (Å²) in [6.45, 7) is 7.91. The fourth-order valence-corrected chi connectivity index (χ4v) is 3.72. The molecular formula is C16H26N2S. The molecule has 2 nitrogen and oxygen atoms in total. The van der Waals surface area contributed by atoms with Crippen LogP contribution in [0.25, 0.3) is 0 Å². The Morgan fingerprint density at radius 1 is 1.47 bits per heavy atom. The highest BCUT2D eigenvalue weighted by atomic mass is 32.2. The average molecular weight is 278 g/mol. The highest BCUT2D eigenvalue weighted by Crippen LogP contribution is 2.35. The van der Waals surface area contributed by atoms with Crippen LogP contribution in [-0.2, 0) is 6.42 Å². The number of nitrogens with zero attached hydrogens (tertiary/aromatic N) is 1. The van der Waals surface area contributed by atoms with Gasteiger partial charge in [-0.2, -0.15) is 11.8 Å². The van der Waals surface area contributed by atoms with E-state index >= 15 is 0 Å². The number of nitrogens with one attached hydrogen (secondary N) is 1. The van der Waals surface area contributed by atoms with Gasteiger partial charge in [0.15, 0.2) is 0 Å². The van der Waals surface area contributed by atoms with Crippen LogP contribution in [0.1, 0.15) is 50.8 Å². The predicted molar refractivity (Wildman–Crippen MR) is 85.0 cm³/mol. The van der Waals surface area contributed by atoms with Crippen molar-refractivity contribution in [2.45, 2.75) is 57.2 Å². The molecule has 19 heavy (non-hydrogen) atoms. The van der Waals surface area contributed by atoms with E-state index in [1.54, 1.807) is 0 Å². The molecule has 0 spiro atoms. The maximum Gasteiger partial charge on any atom is 0.0482 e. The molecule has 1 aromatic rings. The summed E-state index contributed by atoms with van der Waals surface area (Å²) in [5.74, 6) is 1.80. The maximum atomic E-state index is 4.65. The van der Waals surface area contributed by atoms with Crippen LogP contribution in [0.4, 0.5) is 0 Å². The van der Waals surface area contributed by atoms with Gasteiger partial charge in [0.05, 0.1) is 0 Å². The van der Waals surface area contributed by atoms with Crippen LogP contribution in [0.3, 0.4) is 0 Å². The second-order valence-electron chi connectivity index (χ2n) is 5.64. The number of thioether (sulfide) groups is 1. The maximum absolute atomic E-state index is 4.65. The third-order valence-corrected chi connectivity index (χ3v) is 4.97. The van der Waals surface area contributed by atoms with E-state index in [0.29, 0.717) is 17.2 Å². The van der Waals surface area contributed by atoms with E-state index < -0.39 is 0 Å². The Labute approximate surface area is 121 Å². The van der Waals surface area contributed by atoms with Gasteiger partial charge >= 0.3 is 0 Å². The van der Waals surface area contributed by atoms with E-state index in [1.807, 2.05) is 6.20 Å². The van der Waals surface area contributed by atoms with Gasteiger partial charge in [-0.15, -0.1) is 0 Å². The van der Waals surface area contributed by atoms with Crippen molar-refractivity contribution < 1.29 is 0 Å². The van der Waals surface area contributed by atoms with Crippen LogP contribution in [0, 0.1) is 0 Å². The van der Waals surface area contributed by atoms with E-state index in [2.05, 4.69) is 55.0 Å². The zero-order chi connectivity index (χ0) is 13.7. The Kier molecular flexibility index (Phi) is 5.71. The van der Waals surface area contributed by atoms with Crippen molar-refractivity contribution in [3.63, 3.8) is 0 Å². The molecule has 1 aliphatic rings. The molecule has 106 valence electrons. The van der Waals surface area contributed by atoms with E-state index in [1.165, 1.54) is 36.3 Å². The summed E-state index contributed by atoms with van der Waals surface area (Å²) in [6, 6.07) is 4.89. The number of fused-ring (bicyclic) bond motifs is 1. The number of hydrogen-bond acceptors (Lipinski definition) is 3. The van der Waals surface area contributed by atoms with Crippen LogP contribution < -0.4 is 5.32 Å². The number of pyridine rings is 1. The van der Waals surface area contributed by atoms with E-state index in [9.17, 15) is 0 Å². The molecule has 0 bridgehead atoms. The van der Waals surface area contributed by atoms with Gasteiger partial charge in [0.2, 0.25) is 0 Å². The quantitative estimate of drug-likeness (QED) is 0.824. The van der Waals surface area contributed by atoms with Crippen molar-refractivity contribution >= 4 is 11.8 Å². The van der Waals surface area contributed by atoms with Crippen LogP contribution in [0.5, 0.6) is 0 Å². The molecule has 0 aliphatic heterocycles. The van der Waals surface area contributed by atoms with Crippen molar-refractivity contribution in [3.05, 3.63) is 29.6 Å². The predicted octanol–water partition coefficient (Wildman–Crippen LogP) is 3.62. The van der Waals surface area contributed by atoms with Gasteiger partial charge < -0.3 is 5.32 Å². The molecular weight excluding hydrogens is 252 g/mol. The van der Waals surface area contributed by atoms with Crippen LogP contribution in [0.15, 0.2) is 18.3 Å². The Hall–Kier alpha value is -0.540. The fourth-order valence-electron chi connectivity index (χ4n) is 2.78. The Bertz CT molecular complexity index is 392. The monoisotopic (exact) mass is 278 g/mol. The summed E-state index contributed by atoms with van der Waals surface area (Å²) in [5.41, 5.74) is 2.81. The molecule has 3 heteroatoms. The summed E-state index contributed by atoms with van der Waals surface area (Å²) in [5, 5.41) is 4.45. The lowest BCUT2D eigenvalue weighted by Gasteiger charge is -2.25. The summed E-state index contributed by atoms with van der Waals surface area (Å²) in [6.07, 6.45) is 5.60.